The fourth-order valence-electron chi connectivity index (χ4n) is 3.64. The van der Waals surface area contributed by atoms with Gasteiger partial charge in [0.25, 0.3) is 11.8 Å². The van der Waals surface area contributed by atoms with E-state index in [1.807, 2.05) is 27.7 Å². The van der Waals surface area contributed by atoms with Crippen molar-refractivity contribution >= 4 is 11.8 Å². The van der Waals surface area contributed by atoms with Crippen molar-refractivity contribution in [3.05, 3.63) is 64.5 Å². The van der Waals surface area contributed by atoms with Gasteiger partial charge in [0.15, 0.2) is 0 Å². The highest BCUT2D eigenvalue weighted by Gasteiger charge is 2.35. The Labute approximate surface area is 178 Å². The first kappa shape index (κ1) is 23.4. The predicted octanol–water partition coefficient (Wildman–Crippen LogP) is 5.06. The highest BCUT2D eigenvalue weighted by Crippen LogP contribution is 2.28. The van der Waals surface area contributed by atoms with Gasteiger partial charge < -0.3 is 4.74 Å². The Hall–Kier alpha value is -2.89. The number of rotatable bonds is 5. The smallest absolute Gasteiger partial charge is 0.275 e. The van der Waals surface area contributed by atoms with Crippen molar-refractivity contribution in [3.63, 3.8) is 0 Å². The molecule has 2 rings (SSSR count). The molecule has 30 heavy (non-hydrogen) atoms. The molecule has 0 aliphatic carbocycles. The second kappa shape index (κ2) is 9.28. The van der Waals surface area contributed by atoms with Gasteiger partial charge in [-0.2, -0.15) is 0 Å². The van der Waals surface area contributed by atoms with Crippen LogP contribution < -0.4 is 10.2 Å². The first-order valence-corrected chi connectivity index (χ1v) is 10.1. The minimum absolute atomic E-state index is 0.0691. The van der Waals surface area contributed by atoms with Crippen molar-refractivity contribution in [2.24, 2.45) is 5.41 Å². The molecule has 0 aliphatic heterocycles. The molecule has 6 heteroatoms. The van der Waals surface area contributed by atoms with Crippen LogP contribution in [0, 0.1) is 25.1 Å². The highest BCUT2D eigenvalue weighted by atomic mass is 19.1. The molecule has 0 saturated carbocycles. The number of nitrogens with zero attached hydrogens (tertiary/aromatic N) is 1. The highest BCUT2D eigenvalue weighted by molar-refractivity contribution is 6.00. The van der Waals surface area contributed by atoms with Gasteiger partial charge in [-0.05, 0) is 49.9 Å². The van der Waals surface area contributed by atoms with Crippen molar-refractivity contribution in [2.45, 2.75) is 54.0 Å². The third kappa shape index (κ3) is 4.99. The summed E-state index contributed by atoms with van der Waals surface area (Å²) in [5, 5.41) is 1.28. The Balaban J connectivity index is 2.50. The van der Waals surface area contributed by atoms with E-state index in [1.165, 1.54) is 24.3 Å². The van der Waals surface area contributed by atoms with E-state index in [2.05, 4.69) is 5.43 Å². The van der Waals surface area contributed by atoms with Gasteiger partial charge in [0.2, 0.25) is 0 Å². The Bertz CT molecular complexity index is 935. The normalized spacial score (nSPS) is 12.3. The standard InChI is InChI=1S/C24H31FN2O3/c1-8-21(24(4,5)6)27(23(29)18-14-15(2)12-13-19(18)25)26-22(28)17-10-9-11-20(30-7)16(17)3/h9-14,21H,8H2,1-7H3,(H,26,28). The predicted molar refractivity (Wildman–Crippen MR) is 116 cm³/mol. The summed E-state index contributed by atoms with van der Waals surface area (Å²) in [6.07, 6.45) is 0.583. The molecule has 0 aromatic heterocycles. The van der Waals surface area contributed by atoms with E-state index in [-0.39, 0.29) is 17.0 Å². The molecule has 2 aromatic rings. The molecule has 5 nitrogen and oxygen atoms in total. The molecule has 1 N–H and O–H groups in total. The minimum Gasteiger partial charge on any atom is -0.496 e. The zero-order valence-electron chi connectivity index (χ0n) is 18.8. The van der Waals surface area contributed by atoms with E-state index >= 15 is 0 Å². The number of nitrogens with one attached hydrogen (secondary N) is 1. The maximum atomic E-state index is 14.5. The Morgan fingerprint density at radius 1 is 1.13 bits per heavy atom. The van der Waals surface area contributed by atoms with Crippen LogP contribution >= 0.6 is 0 Å². The van der Waals surface area contributed by atoms with E-state index in [9.17, 15) is 14.0 Å². The number of benzene rings is 2. The summed E-state index contributed by atoms with van der Waals surface area (Å²) in [4.78, 5) is 26.5. The quantitative estimate of drug-likeness (QED) is 0.696. The topological polar surface area (TPSA) is 58.6 Å². The molecule has 0 aliphatic rings. The lowest BCUT2D eigenvalue weighted by Gasteiger charge is -2.39. The number of carbonyl (C=O) groups excluding carboxylic acids is 2. The van der Waals surface area contributed by atoms with Gasteiger partial charge in [0.05, 0.1) is 18.7 Å². The average Bonchev–Trinajstić information content (AvgIpc) is 2.68. The van der Waals surface area contributed by atoms with E-state index < -0.39 is 17.6 Å². The summed E-state index contributed by atoms with van der Waals surface area (Å²) in [5.74, 6) is -1.07. The number of hydrogen-bond donors (Lipinski definition) is 1. The number of methoxy groups -OCH3 is 1. The summed E-state index contributed by atoms with van der Waals surface area (Å²) in [7, 11) is 1.53. The zero-order chi connectivity index (χ0) is 22.6. The van der Waals surface area contributed by atoms with Gasteiger partial charge in [-0.1, -0.05) is 45.4 Å². The van der Waals surface area contributed by atoms with Crippen molar-refractivity contribution < 1.29 is 18.7 Å². The number of halogens is 1. The fourth-order valence-corrected chi connectivity index (χ4v) is 3.64. The van der Waals surface area contributed by atoms with Crippen LogP contribution in [0.3, 0.4) is 0 Å². The average molecular weight is 415 g/mol. The molecule has 0 saturated heterocycles. The van der Waals surface area contributed by atoms with Gasteiger partial charge in [0.1, 0.15) is 11.6 Å². The molecule has 2 aromatic carbocycles. The first-order chi connectivity index (χ1) is 14.0. The molecular weight excluding hydrogens is 383 g/mol. The van der Waals surface area contributed by atoms with E-state index in [1.54, 1.807) is 38.1 Å². The van der Waals surface area contributed by atoms with Crippen LogP contribution in [-0.2, 0) is 0 Å². The molecule has 0 radical (unpaired) electrons. The number of hydrogen-bond acceptors (Lipinski definition) is 3. The van der Waals surface area contributed by atoms with Gasteiger partial charge in [-0.15, -0.1) is 0 Å². The summed E-state index contributed by atoms with van der Waals surface area (Å²) < 4.78 is 19.8. The summed E-state index contributed by atoms with van der Waals surface area (Å²) in [5.41, 5.74) is 4.15. The van der Waals surface area contributed by atoms with Crippen LogP contribution in [0.4, 0.5) is 4.39 Å². The molecule has 0 heterocycles. The Kier molecular flexibility index (Phi) is 7.24. The SMILES string of the molecule is CCC(N(NC(=O)c1cccc(OC)c1C)C(=O)c1cc(C)ccc1F)C(C)(C)C. The molecule has 0 spiro atoms. The summed E-state index contributed by atoms with van der Waals surface area (Å²) in [6, 6.07) is 9.18. The molecule has 162 valence electrons. The maximum absolute atomic E-state index is 14.5. The lowest BCUT2D eigenvalue weighted by atomic mass is 9.84. The molecule has 2 amide bonds. The number of hydrazine groups is 1. The molecule has 0 fully saturated rings. The van der Waals surface area contributed by atoms with Gasteiger partial charge >= 0.3 is 0 Å². The summed E-state index contributed by atoms with van der Waals surface area (Å²) in [6.45, 7) is 11.5. The maximum Gasteiger partial charge on any atom is 0.275 e. The van der Waals surface area contributed by atoms with Crippen LogP contribution in [0.5, 0.6) is 5.75 Å². The van der Waals surface area contributed by atoms with Gasteiger partial charge in [-0.3, -0.25) is 15.0 Å². The second-order valence-corrected chi connectivity index (χ2v) is 8.52. The van der Waals surface area contributed by atoms with E-state index in [0.29, 0.717) is 23.3 Å². The van der Waals surface area contributed by atoms with Crippen LogP contribution in [0.2, 0.25) is 0 Å². The Morgan fingerprint density at radius 2 is 1.80 bits per heavy atom. The number of carbonyl (C=O) groups is 2. The van der Waals surface area contributed by atoms with E-state index in [0.717, 1.165) is 5.56 Å². The van der Waals surface area contributed by atoms with Crippen LogP contribution in [0.1, 0.15) is 66.0 Å². The molecular formula is C24H31FN2O3. The lowest BCUT2D eigenvalue weighted by Crippen LogP contribution is -2.56. The van der Waals surface area contributed by atoms with Crippen molar-refractivity contribution in [1.29, 1.82) is 0 Å². The largest absolute Gasteiger partial charge is 0.496 e. The van der Waals surface area contributed by atoms with Crippen LogP contribution in [0.15, 0.2) is 36.4 Å². The third-order valence-electron chi connectivity index (χ3n) is 5.24. The van der Waals surface area contributed by atoms with Crippen molar-refractivity contribution in [2.75, 3.05) is 7.11 Å². The first-order valence-electron chi connectivity index (χ1n) is 10.1. The number of amides is 2. The second-order valence-electron chi connectivity index (χ2n) is 8.52. The molecule has 1 unspecified atom stereocenters. The monoisotopic (exact) mass is 414 g/mol. The number of ether oxygens (including phenoxy) is 1. The van der Waals surface area contributed by atoms with Gasteiger partial charge in [0, 0.05) is 11.1 Å². The van der Waals surface area contributed by atoms with E-state index in [4.69, 9.17) is 4.74 Å². The zero-order valence-corrected chi connectivity index (χ0v) is 18.8. The molecule has 0 bridgehead atoms. The van der Waals surface area contributed by atoms with Crippen molar-refractivity contribution in [3.8, 4) is 5.75 Å². The van der Waals surface area contributed by atoms with Gasteiger partial charge in [-0.25, -0.2) is 9.40 Å². The van der Waals surface area contributed by atoms with Crippen molar-refractivity contribution in [1.82, 2.24) is 10.4 Å². The minimum atomic E-state index is -0.619. The van der Waals surface area contributed by atoms with Crippen LogP contribution in [-0.4, -0.2) is 30.0 Å². The third-order valence-corrected chi connectivity index (χ3v) is 5.24. The van der Waals surface area contributed by atoms with Crippen LogP contribution in [0.25, 0.3) is 0 Å². The molecule has 1 atom stereocenters. The Morgan fingerprint density at radius 3 is 2.37 bits per heavy atom. The number of aryl methyl sites for hydroxylation is 1. The fraction of sp³-hybridized carbons (Fsp3) is 0.417. The lowest BCUT2D eigenvalue weighted by molar-refractivity contribution is 0.0281. The summed E-state index contributed by atoms with van der Waals surface area (Å²) >= 11 is 0.